The summed E-state index contributed by atoms with van der Waals surface area (Å²) in [6.45, 7) is 2.78. The second-order valence-corrected chi connectivity index (χ2v) is 5.11. The van der Waals surface area contributed by atoms with Crippen LogP contribution in [-0.4, -0.2) is 18.6 Å². The summed E-state index contributed by atoms with van der Waals surface area (Å²) in [6.07, 6.45) is 1.72. The first-order valence-electron chi connectivity index (χ1n) is 6.34. The molecule has 0 spiro atoms. The quantitative estimate of drug-likeness (QED) is 0.902. The van der Waals surface area contributed by atoms with Gasteiger partial charge in [-0.3, -0.25) is 4.98 Å². The van der Waals surface area contributed by atoms with Gasteiger partial charge in [0, 0.05) is 6.20 Å². The topological polar surface area (TPSA) is 34.2 Å². The van der Waals surface area contributed by atoms with Gasteiger partial charge in [0.15, 0.2) is 0 Å². The summed E-state index contributed by atoms with van der Waals surface area (Å²) in [5, 5.41) is 3.35. The molecule has 0 bridgehead atoms. The summed E-state index contributed by atoms with van der Waals surface area (Å²) in [6, 6.07) is 8.50. The number of ether oxygens (including phenoxy) is 1. The van der Waals surface area contributed by atoms with E-state index in [4.69, 9.17) is 4.74 Å². The van der Waals surface area contributed by atoms with Gasteiger partial charge in [-0.25, -0.2) is 4.39 Å². The van der Waals surface area contributed by atoms with Gasteiger partial charge >= 0.3 is 0 Å². The average molecular weight is 339 g/mol. The lowest BCUT2D eigenvalue weighted by Gasteiger charge is -2.20. The Hall–Kier alpha value is -1.46. The summed E-state index contributed by atoms with van der Waals surface area (Å²) in [7, 11) is 1.62. The van der Waals surface area contributed by atoms with Crippen LogP contribution in [0.2, 0.25) is 0 Å². The predicted molar refractivity (Wildman–Crippen MR) is 80.4 cm³/mol. The molecular weight excluding hydrogens is 323 g/mol. The lowest BCUT2D eigenvalue weighted by atomic mass is 10.0. The normalized spacial score (nSPS) is 12.2. The third kappa shape index (κ3) is 3.16. The smallest absolute Gasteiger partial charge is 0.142 e. The van der Waals surface area contributed by atoms with Crippen LogP contribution in [-0.2, 0) is 0 Å². The summed E-state index contributed by atoms with van der Waals surface area (Å²) in [5.41, 5.74) is 1.72. The Bertz CT molecular complexity index is 592. The maximum absolute atomic E-state index is 13.4. The monoisotopic (exact) mass is 338 g/mol. The van der Waals surface area contributed by atoms with Crippen molar-refractivity contribution < 1.29 is 9.13 Å². The number of rotatable bonds is 5. The molecule has 1 N–H and O–H groups in total. The van der Waals surface area contributed by atoms with Gasteiger partial charge < -0.3 is 10.1 Å². The summed E-state index contributed by atoms with van der Waals surface area (Å²) >= 11 is 3.22. The van der Waals surface area contributed by atoms with E-state index < -0.39 is 0 Å². The fourth-order valence-electron chi connectivity index (χ4n) is 2.06. The SMILES string of the molecule is CCNC(c1ccc(F)c(Br)c1)c1ncccc1OC. The Morgan fingerprint density at radius 1 is 1.40 bits per heavy atom. The molecule has 0 amide bonds. The third-order valence-electron chi connectivity index (χ3n) is 2.98. The molecule has 1 aromatic heterocycles. The second-order valence-electron chi connectivity index (χ2n) is 4.26. The van der Waals surface area contributed by atoms with Gasteiger partial charge in [-0.1, -0.05) is 13.0 Å². The molecule has 0 aliphatic rings. The Morgan fingerprint density at radius 3 is 2.85 bits per heavy atom. The van der Waals surface area contributed by atoms with E-state index in [0.717, 1.165) is 17.8 Å². The molecule has 1 atom stereocenters. The molecule has 3 nitrogen and oxygen atoms in total. The Morgan fingerprint density at radius 2 is 2.20 bits per heavy atom. The van der Waals surface area contributed by atoms with Gasteiger partial charge in [-0.05, 0) is 52.3 Å². The average Bonchev–Trinajstić information content (AvgIpc) is 2.48. The highest BCUT2D eigenvalue weighted by molar-refractivity contribution is 9.10. The number of nitrogens with one attached hydrogen (secondary N) is 1. The zero-order valence-corrected chi connectivity index (χ0v) is 12.9. The second kappa shape index (κ2) is 6.81. The summed E-state index contributed by atoms with van der Waals surface area (Å²) < 4.78 is 19.2. The lowest BCUT2D eigenvalue weighted by Crippen LogP contribution is -2.23. The molecule has 1 unspecified atom stereocenters. The van der Waals surface area contributed by atoms with Crippen molar-refractivity contribution in [1.82, 2.24) is 10.3 Å². The minimum Gasteiger partial charge on any atom is -0.495 e. The van der Waals surface area contributed by atoms with Crippen molar-refractivity contribution in [3.05, 3.63) is 58.1 Å². The van der Waals surface area contributed by atoms with Crippen molar-refractivity contribution in [2.24, 2.45) is 0 Å². The van der Waals surface area contributed by atoms with Crippen LogP contribution in [0.25, 0.3) is 0 Å². The van der Waals surface area contributed by atoms with E-state index >= 15 is 0 Å². The van der Waals surface area contributed by atoms with Crippen LogP contribution in [0.3, 0.4) is 0 Å². The first kappa shape index (κ1) is 14.9. The Labute approximate surface area is 126 Å². The molecule has 0 saturated carbocycles. The fourth-order valence-corrected chi connectivity index (χ4v) is 2.46. The number of nitrogens with zero attached hydrogens (tertiary/aromatic N) is 1. The van der Waals surface area contributed by atoms with E-state index in [1.807, 2.05) is 19.1 Å². The van der Waals surface area contributed by atoms with E-state index in [1.165, 1.54) is 6.07 Å². The number of benzene rings is 1. The van der Waals surface area contributed by atoms with Gasteiger partial charge in [0.2, 0.25) is 0 Å². The first-order valence-corrected chi connectivity index (χ1v) is 7.14. The van der Waals surface area contributed by atoms with Gasteiger partial charge in [0.05, 0.1) is 17.6 Å². The highest BCUT2D eigenvalue weighted by Crippen LogP contribution is 2.30. The molecule has 1 aromatic carbocycles. The number of pyridine rings is 1. The Kier molecular flexibility index (Phi) is 5.09. The first-order chi connectivity index (χ1) is 9.67. The maximum atomic E-state index is 13.4. The molecule has 20 heavy (non-hydrogen) atoms. The van der Waals surface area contributed by atoms with E-state index in [-0.39, 0.29) is 11.9 Å². The number of aromatic nitrogens is 1. The number of methoxy groups -OCH3 is 1. The molecular formula is C15H16BrFN2O. The van der Waals surface area contributed by atoms with Gasteiger partial charge in [0.1, 0.15) is 17.3 Å². The minimum absolute atomic E-state index is 0.145. The molecule has 0 saturated heterocycles. The Balaban J connectivity index is 2.47. The van der Waals surface area contributed by atoms with E-state index in [9.17, 15) is 4.39 Å². The maximum Gasteiger partial charge on any atom is 0.142 e. The van der Waals surface area contributed by atoms with Crippen LogP contribution in [0.15, 0.2) is 41.0 Å². The van der Waals surface area contributed by atoms with Crippen molar-refractivity contribution in [3.63, 3.8) is 0 Å². The van der Waals surface area contributed by atoms with Crippen LogP contribution >= 0.6 is 15.9 Å². The van der Waals surface area contributed by atoms with Crippen molar-refractivity contribution in [2.45, 2.75) is 13.0 Å². The van der Waals surface area contributed by atoms with Crippen LogP contribution < -0.4 is 10.1 Å². The van der Waals surface area contributed by atoms with E-state index in [2.05, 4.69) is 26.2 Å². The summed E-state index contributed by atoms with van der Waals surface area (Å²) in [5.74, 6) is 0.427. The van der Waals surface area contributed by atoms with Gasteiger partial charge in [0.25, 0.3) is 0 Å². The molecule has 0 aliphatic heterocycles. The van der Waals surface area contributed by atoms with Crippen LogP contribution in [0.5, 0.6) is 5.75 Å². The molecule has 5 heteroatoms. The minimum atomic E-state index is -0.281. The summed E-state index contributed by atoms with van der Waals surface area (Å²) in [4.78, 5) is 4.40. The van der Waals surface area contributed by atoms with Crippen molar-refractivity contribution in [1.29, 1.82) is 0 Å². The molecule has 2 aromatic rings. The molecule has 0 radical (unpaired) electrons. The van der Waals surface area contributed by atoms with Crippen molar-refractivity contribution in [2.75, 3.05) is 13.7 Å². The zero-order valence-electron chi connectivity index (χ0n) is 11.4. The van der Waals surface area contributed by atoms with Crippen LogP contribution in [0.4, 0.5) is 4.39 Å². The van der Waals surface area contributed by atoms with Crippen molar-refractivity contribution in [3.8, 4) is 5.75 Å². The van der Waals surface area contributed by atoms with Crippen LogP contribution in [0, 0.1) is 5.82 Å². The van der Waals surface area contributed by atoms with Gasteiger partial charge in [-0.15, -0.1) is 0 Å². The molecule has 106 valence electrons. The van der Waals surface area contributed by atoms with Crippen molar-refractivity contribution >= 4 is 15.9 Å². The standard InChI is InChI=1S/C15H16BrFN2O/c1-3-18-14(10-6-7-12(17)11(16)9-10)15-13(20-2)5-4-8-19-15/h4-9,14,18H,3H2,1-2H3. The highest BCUT2D eigenvalue weighted by atomic mass is 79.9. The molecule has 2 rings (SSSR count). The van der Waals surface area contributed by atoms with E-state index in [1.54, 1.807) is 25.4 Å². The fraction of sp³-hybridized carbons (Fsp3) is 0.267. The predicted octanol–water partition coefficient (Wildman–Crippen LogP) is 3.69. The molecule has 0 aliphatic carbocycles. The van der Waals surface area contributed by atoms with Crippen LogP contribution in [0.1, 0.15) is 24.2 Å². The zero-order chi connectivity index (χ0) is 14.5. The highest BCUT2D eigenvalue weighted by Gasteiger charge is 2.19. The van der Waals surface area contributed by atoms with E-state index in [0.29, 0.717) is 10.2 Å². The number of halogens is 2. The van der Waals surface area contributed by atoms with Gasteiger partial charge in [-0.2, -0.15) is 0 Å². The largest absolute Gasteiger partial charge is 0.495 e. The molecule has 0 fully saturated rings. The number of hydrogen-bond donors (Lipinski definition) is 1. The third-order valence-corrected chi connectivity index (χ3v) is 3.59. The lowest BCUT2D eigenvalue weighted by molar-refractivity contribution is 0.400. The number of hydrogen-bond acceptors (Lipinski definition) is 3. The molecule has 1 heterocycles.